The first kappa shape index (κ1) is 13.3. The zero-order valence-corrected chi connectivity index (χ0v) is 9.96. The molecule has 0 radical (unpaired) electrons. The second kappa shape index (κ2) is 6.06. The van der Waals surface area contributed by atoms with E-state index in [0.717, 1.165) is 19.4 Å². The lowest BCUT2D eigenvalue weighted by atomic mass is 9.80. The third-order valence-electron chi connectivity index (χ3n) is 3.19. The fourth-order valence-corrected chi connectivity index (χ4v) is 2.42. The van der Waals surface area contributed by atoms with Gasteiger partial charge in [0.15, 0.2) is 5.82 Å². The van der Waals surface area contributed by atoms with Crippen molar-refractivity contribution in [3.63, 3.8) is 0 Å². The van der Waals surface area contributed by atoms with Crippen molar-refractivity contribution >= 4 is 12.4 Å². The highest BCUT2D eigenvalue weighted by Gasteiger charge is 2.22. The van der Waals surface area contributed by atoms with Gasteiger partial charge in [-0.15, -0.1) is 12.4 Å². The zero-order valence-electron chi connectivity index (χ0n) is 9.15. The van der Waals surface area contributed by atoms with Crippen molar-refractivity contribution in [2.24, 2.45) is 17.6 Å². The molecular weight excluding hydrogens is 230 g/mol. The SMILES string of the molecule is Cl.NCC1CCCC(Cc2noc(=O)[nH]2)C1. The summed E-state index contributed by atoms with van der Waals surface area (Å²) in [6, 6.07) is 0. The number of hydrogen-bond acceptors (Lipinski definition) is 4. The molecule has 16 heavy (non-hydrogen) atoms. The number of nitrogens with two attached hydrogens (primary N) is 1. The second-order valence-corrected chi connectivity index (χ2v) is 4.38. The highest BCUT2D eigenvalue weighted by molar-refractivity contribution is 5.85. The summed E-state index contributed by atoms with van der Waals surface area (Å²) in [7, 11) is 0. The van der Waals surface area contributed by atoms with Gasteiger partial charge in [0.05, 0.1) is 0 Å². The van der Waals surface area contributed by atoms with Crippen LogP contribution in [0, 0.1) is 11.8 Å². The first-order valence-corrected chi connectivity index (χ1v) is 5.53. The molecule has 1 heterocycles. The van der Waals surface area contributed by atoms with Crippen LogP contribution in [0.4, 0.5) is 0 Å². The minimum absolute atomic E-state index is 0. The fourth-order valence-electron chi connectivity index (χ4n) is 2.42. The van der Waals surface area contributed by atoms with E-state index in [-0.39, 0.29) is 12.4 Å². The van der Waals surface area contributed by atoms with E-state index in [2.05, 4.69) is 14.7 Å². The standard InChI is InChI=1S/C10H17N3O2.ClH/c11-6-8-3-1-2-7(4-8)5-9-12-10(14)15-13-9;/h7-8H,1-6,11H2,(H,12,13,14);1H. The Morgan fingerprint density at radius 3 is 2.81 bits per heavy atom. The highest BCUT2D eigenvalue weighted by atomic mass is 35.5. The number of rotatable bonds is 3. The number of hydrogen-bond donors (Lipinski definition) is 2. The monoisotopic (exact) mass is 247 g/mol. The molecule has 1 aliphatic rings. The summed E-state index contributed by atoms with van der Waals surface area (Å²) < 4.78 is 4.47. The van der Waals surface area contributed by atoms with E-state index in [4.69, 9.17) is 5.73 Å². The van der Waals surface area contributed by atoms with Crippen LogP contribution in [0.3, 0.4) is 0 Å². The van der Waals surface area contributed by atoms with Gasteiger partial charge in [0.25, 0.3) is 0 Å². The summed E-state index contributed by atoms with van der Waals surface area (Å²) in [5.41, 5.74) is 5.67. The molecule has 5 nitrogen and oxygen atoms in total. The van der Waals surface area contributed by atoms with Crippen LogP contribution in [0.25, 0.3) is 0 Å². The quantitative estimate of drug-likeness (QED) is 0.838. The van der Waals surface area contributed by atoms with Gasteiger partial charge in [0, 0.05) is 6.42 Å². The van der Waals surface area contributed by atoms with Crippen LogP contribution in [0.1, 0.15) is 31.5 Å². The minimum Gasteiger partial charge on any atom is -0.330 e. The molecule has 2 rings (SSSR count). The maximum absolute atomic E-state index is 10.7. The van der Waals surface area contributed by atoms with E-state index in [1.54, 1.807) is 0 Å². The lowest BCUT2D eigenvalue weighted by molar-refractivity contribution is 0.265. The van der Waals surface area contributed by atoms with Crippen molar-refractivity contribution in [1.82, 2.24) is 10.1 Å². The van der Waals surface area contributed by atoms with Gasteiger partial charge in [-0.25, -0.2) is 4.79 Å². The van der Waals surface area contributed by atoms with Crippen LogP contribution >= 0.6 is 12.4 Å². The Balaban J connectivity index is 0.00000128. The van der Waals surface area contributed by atoms with Crippen molar-refractivity contribution in [1.29, 1.82) is 0 Å². The number of aromatic amines is 1. The van der Waals surface area contributed by atoms with E-state index >= 15 is 0 Å². The first-order valence-electron chi connectivity index (χ1n) is 5.53. The average Bonchev–Trinajstić information content (AvgIpc) is 2.64. The number of halogens is 1. The van der Waals surface area contributed by atoms with Gasteiger partial charge in [0.1, 0.15) is 0 Å². The lowest BCUT2D eigenvalue weighted by Crippen LogP contribution is -2.23. The van der Waals surface area contributed by atoms with E-state index in [9.17, 15) is 4.79 Å². The Kier molecular flexibility index (Phi) is 5.02. The molecule has 0 bridgehead atoms. The molecule has 0 spiro atoms. The van der Waals surface area contributed by atoms with Gasteiger partial charge in [-0.05, 0) is 37.6 Å². The number of nitrogens with one attached hydrogen (secondary N) is 1. The van der Waals surface area contributed by atoms with Gasteiger partial charge in [-0.1, -0.05) is 11.6 Å². The van der Waals surface area contributed by atoms with Crippen molar-refractivity contribution in [2.45, 2.75) is 32.1 Å². The summed E-state index contributed by atoms with van der Waals surface area (Å²) >= 11 is 0. The molecule has 1 fully saturated rings. The van der Waals surface area contributed by atoms with Gasteiger partial charge in [-0.2, -0.15) is 0 Å². The molecule has 6 heteroatoms. The molecule has 1 aromatic heterocycles. The van der Waals surface area contributed by atoms with E-state index in [1.807, 2.05) is 0 Å². The van der Waals surface area contributed by atoms with Crippen LogP contribution in [-0.2, 0) is 6.42 Å². The maximum Gasteiger partial charge on any atom is 0.438 e. The predicted molar refractivity (Wildman–Crippen MR) is 62.6 cm³/mol. The lowest BCUT2D eigenvalue weighted by Gasteiger charge is -2.27. The van der Waals surface area contributed by atoms with E-state index < -0.39 is 5.76 Å². The van der Waals surface area contributed by atoms with Gasteiger partial charge in [-0.3, -0.25) is 9.51 Å². The number of nitrogens with zero attached hydrogens (tertiary/aromatic N) is 1. The van der Waals surface area contributed by atoms with Crippen molar-refractivity contribution in [2.75, 3.05) is 6.54 Å². The predicted octanol–water partition coefficient (Wildman–Crippen LogP) is 1.09. The Morgan fingerprint density at radius 1 is 1.44 bits per heavy atom. The normalized spacial score (nSPS) is 25.1. The summed E-state index contributed by atoms with van der Waals surface area (Å²) in [5, 5.41) is 3.69. The molecule has 0 amide bonds. The number of aromatic nitrogens is 2. The summed E-state index contributed by atoms with van der Waals surface area (Å²) in [5.74, 6) is 1.44. The van der Waals surface area contributed by atoms with Crippen LogP contribution in [0.5, 0.6) is 0 Å². The summed E-state index contributed by atoms with van der Waals surface area (Å²) in [6.07, 6.45) is 5.62. The minimum atomic E-state index is -0.462. The Morgan fingerprint density at radius 2 is 2.19 bits per heavy atom. The largest absolute Gasteiger partial charge is 0.438 e. The third-order valence-corrected chi connectivity index (χ3v) is 3.19. The fraction of sp³-hybridized carbons (Fsp3) is 0.800. The molecular formula is C10H18ClN3O2. The Labute approximate surface area is 100 Å². The maximum atomic E-state index is 10.7. The third kappa shape index (κ3) is 3.35. The molecule has 2 atom stereocenters. The van der Waals surface area contributed by atoms with Gasteiger partial charge in [0.2, 0.25) is 0 Å². The van der Waals surface area contributed by atoms with Crippen LogP contribution in [-0.4, -0.2) is 16.7 Å². The molecule has 0 saturated heterocycles. The molecule has 0 aromatic carbocycles. The first-order chi connectivity index (χ1) is 7.28. The topological polar surface area (TPSA) is 84.9 Å². The van der Waals surface area contributed by atoms with Gasteiger partial charge < -0.3 is 5.73 Å². The Hall–Kier alpha value is -0.810. The van der Waals surface area contributed by atoms with E-state index in [0.29, 0.717) is 17.7 Å². The average molecular weight is 248 g/mol. The van der Waals surface area contributed by atoms with Crippen LogP contribution < -0.4 is 11.5 Å². The molecule has 1 aromatic rings. The molecule has 2 unspecified atom stereocenters. The summed E-state index contributed by atoms with van der Waals surface area (Å²) in [6.45, 7) is 0.770. The molecule has 1 aliphatic carbocycles. The molecule has 3 N–H and O–H groups in total. The van der Waals surface area contributed by atoms with Gasteiger partial charge >= 0.3 is 5.76 Å². The zero-order chi connectivity index (χ0) is 10.7. The van der Waals surface area contributed by atoms with E-state index in [1.165, 1.54) is 19.3 Å². The summed E-state index contributed by atoms with van der Waals surface area (Å²) in [4.78, 5) is 13.3. The van der Waals surface area contributed by atoms with Crippen LogP contribution in [0.2, 0.25) is 0 Å². The number of H-pyrrole nitrogens is 1. The van der Waals surface area contributed by atoms with Crippen molar-refractivity contribution in [3.05, 3.63) is 16.4 Å². The molecule has 1 saturated carbocycles. The molecule has 0 aliphatic heterocycles. The Bertz CT molecular complexity index is 363. The molecule has 92 valence electrons. The highest BCUT2D eigenvalue weighted by Crippen LogP contribution is 2.29. The van der Waals surface area contributed by atoms with Crippen LogP contribution in [0.15, 0.2) is 9.32 Å². The van der Waals surface area contributed by atoms with Crippen molar-refractivity contribution in [3.8, 4) is 0 Å². The van der Waals surface area contributed by atoms with Crippen molar-refractivity contribution < 1.29 is 4.52 Å². The second-order valence-electron chi connectivity index (χ2n) is 4.38. The smallest absolute Gasteiger partial charge is 0.330 e.